The molecule has 0 aliphatic heterocycles. The average molecular weight is 417 g/mol. The van der Waals surface area contributed by atoms with Gasteiger partial charge in [0.2, 0.25) is 0 Å². The molecule has 0 amide bonds. The van der Waals surface area contributed by atoms with Crippen molar-refractivity contribution in [3.05, 3.63) is 0 Å². The summed E-state index contributed by atoms with van der Waals surface area (Å²) in [4.78, 5) is 0. The zero-order chi connectivity index (χ0) is 4.83. The quantitative estimate of drug-likeness (QED) is 0.615. The van der Waals surface area contributed by atoms with Crippen molar-refractivity contribution in [3.8, 4) is 0 Å². The van der Waals surface area contributed by atoms with Crippen LogP contribution in [-0.4, -0.2) is 41.2 Å². The Morgan fingerprint density at radius 3 is 1.50 bits per heavy atom. The molecule has 2 radical (unpaired) electrons. The number of halogens is 2. The van der Waals surface area contributed by atoms with Gasteiger partial charge in [0.1, 0.15) is 0 Å². The molecule has 0 nitrogen and oxygen atoms in total. The number of hydrogen-bond acceptors (Lipinski definition) is 0. The second kappa shape index (κ2) is 7.70. The summed E-state index contributed by atoms with van der Waals surface area (Å²) in [6.45, 7) is 0. The Bertz CT molecular complexity index is 21.5. The first kappa shape index (κ1) is 8.70. The zero-order valence-electron chi connectivity index (χ0n) is 3.32. The summed E-state index contributed by atoms with van der Waals surface area (Å²) in [5.74, 6) is 0. The summed E-state index contributed by atoms with van der Waals surface area (Å²) in [6.07, 6.45) is 0. The Morgan fingerprint density at radius 1 is 1.00 bits per heavy atom. The number of hydrogen-bond donors (Lipinski definition) is 0. The molecule has 0 saturated heterocycles. The van der Waals surface area contributed by atoms with Gasteiger partial charge in [0.15, 0.2) is 0 Å². The fraction of sp³-hybridized carbons (Fsp3) is 1.00. The van der Waals surface area contributed by atoms with Crippen LogP contribution in [0.1, 0.15) is 0 Å². The van der Waals surface area contributed by atoms with Crippen LogP contribution in [0.5, 0.6) is 0 Å². The minimum absolute atomic E-state index is 0.117. The van der Waals surface area contributed by atoms with Crippen molar-refractivity contribution >= 4 is 65.7 Å². The maximum absolute atomic E-state index is 3.55. The third-order valence-corrected chi connectivity index (χ3v) is 15.1. The third kappa shape index (κ3) is 6.70. The third-order valence-electron chi connectivity index (χ3n) is 0.385. The summed E-state index contributed by atoms with van der Waals surface area (Å²) in [5.41, 5.74) is 0. The first-order chi connectivity index (χ1) is 2.91. The van der Waals surface area contributed by atoms with E-state index in [0.717, 1.165) is 0 Å². The predicted molar refractivity (Wildman–Crippen MR) is 39.0 cm³/mol. The molecular weight excluding hydrogens is 413 g/mol. The fourth-order valence-electron chi connectivity index (χ4n) is 0.126. The van der Waals surface area contributed by atoms with E-state index in [9.17, 15) is 0 Å². The Labute approximate surface area is 72.5 Å². The van der Waals surface area contributed by atoms with E-state index in [4.69, 9.17) is 0 Å². The molecule has 0 aromatic heterocycles. The van der Waals surface area contributed by atoms with Gasteiger partial charge in [-0.25, -0.2) is 0 Å². The molecule has 0 saturated carbocycles. The van der Waals surface area contributed by atoms with E-state index in [0.29, 0.717) is 0 Å². The van der Waals surface area contributed by atoms with E-state index in [1.807, 2.05) is 0 Å². The fourth-order valence-corrected chi connectivity index (χ4v) is 29.5. The molecular formula is C2H4Br2In2. The first-order valence-corrected chi connectivity index (χ1v) is 21.2. The van der Waals surface area contributed by atoms with Gasteiger partial charge in [-0.2, -0.15) is 0 Å². The summed E-state index contributed by atoms with van der Waals surface area (Å²) >= 11 is 6.87. The molecule has 32 valence electrons. The minimum atomic E-state index is -0.117. The van der Waals surface area contributed by atoms with Crippen molar-refractivity contribution in [1.82, 2.24) is 0 Å². The van der Waals surface area contributed by atoms with Crippen LogP contribution in [0.4, 0.5) is 0 Å². The van der Waals surface area contributed by atoms with Gasteiger partial charge in [-0.05, 0) is 0 Å². The van der Waals surface area contributed by atoms with Gasteiger partial charge in [-0.1, -0.05) is 0 Å². The number of rotatable bonds is 3. The second-order valence-electron chi connectivity index (χ2n) is 0.886. The Morgan fingerprint density at radius 2 is 1.33 bits per heavy atom. The van der Waals surface area contributed by atoms with Gasteiger partial charge in [0.05, 0.1) is 0 Å². The molecule has 0 aliphatic rings. The Balaban J connectivity index is 2.34. The van der Waals surface area contributed by atoms with E-state index in [2.05, 4.69) is 24.6 Å². The molecule has 0 heterocycles. The van der Waals surface area contributed by atoms with Gasteiger partial charge in [0.25, 0.3) is 0 Å². The monoisotopic (exact) mass is 416 g/mol. The molecule has 6 heavy (non-hydrogen) atoms. The molecule has 0 fully saturated rings. The van der Waals surface area contributed by atoms with Crippen LogP contribution in [-0.2, 0) is 0 Å². The summed E-state index contributed by atoms with van der Waals surface area (Å²) in [7, 11) is 0. The molecule has 0 aromatic rings. The molecule has 0 bridgehead atoms. The summed E-state index contributed by atoms with van der Waals surface area (Å²) < 4.78 is 3.11. The van der Waals surface area contributed by atoms with E-state index in [1.165, 1.54) is 0 Å². The van der Waals surface area contributed by atoms with E-state index >= 15 is 0 Å². The van der Waals surface area contributed by atoms with E-state index < -0.39 is 0 Å². The van der Waals surface area contributed by atoms with Crippen LogP contribution in [0.25, 0.3) is 0 Å². The molecule has 0 aromatic carbocycles. The molecule has 0 unspecified atom stereocenters. The SMILES string of the molecule is [Br][In][CH2][CH2][In][Br]. The van der Waals surface area contributed by atoms with Crippen molar-refractivity contribution in [3.63, 3.8) is 0 Å². The predicted octanol–water partition coefficient (Wildman–Crippen LogP) is 1.85. The van der Waals surface area contributed by atoms with Crippen molar-refractivity contribution in [2.24, 2.45) is 0 Å². The molecule has 0 N–H and O–H groups in total. The normalized spacial score (nSPS) is 7.67. The zero-order valence-corrected chi connectivity index (χ0v) is 13.1. The molecule has 0 atom stereocenters. The van der Waals surface area contributed by atoms with Crippen LogP contribution >= 0.6 is 24.6 Å². The van der Waals surface area contributed by atoms with Crippen molar-refractivity contribution < 1.29 is 0 Å². The Hall–Kier alpha value is 2.70. The van der Waals surface area contributed by atoms with E-state index in [1.54, 1.807) is 8.35 Å². The summed E-state index contributed by atoms with van der Waals surface area (Å²) in [5, 5.41) is 0. The average Bonchev–Trinajstić information content (AvgIpc) is 1.61. The van der Waals surface area contributed by atoms with Crippen molar-refractivity contribution in [2.75, 3.05) is 0 Å². The topological polar surface area (TPSA) is 0 Å². The van der Waals surface area contributed by atoms with Gasteiger partial charge in [-0.3, -0.25) is 0 Å². The van der Waals surface area contributed by atoms with Crippen molar-refractivity contribution in [2.45, 2.75) is 8.35 Å². The molecule has 0 spiro atoms. The molecule has 0 aliphatic carbocycles. The van der Waals surface area contributed by atoms with Gasteiger partial charge < -0.3 is 0 Å². The standard InChI is InChI=1S/C2H4.2BrH.2In/c1-2;;;;/h1-2H2;2*1H;;/q;;;2*+1/p-2. The summed E-state index contributed by atoms with van der Waals surface area (Å²) in [6, 6.07) is 0. The second-order valence-corrected chi connectivity index (χ2v) is 14.6. The van der Waals surface area contributed by atoms with Crippen molar-refractivity contribution in [1.29, 1.82) is 0 Å². The van der Waals surface area contributed by atoms with Crippen LogP contribution in [0.2, 0.25) is 8.35 Å². The van der Waals surface area contributed by atoms with Gasteiger partial charge >= 0.3 is 74.1 Å². The maximum atomic E-state index is 3.55. The van der Waals surface area contributed by atoms with Gasteiger partial charge in [0, 0.05) is 0 Å². The van der Waals surface area contributed by atoms with E-state index in [-0.39, 0.29) is 41.2 Å². The first-order valence-electron chi connectivity index (χ1n) is 1.75. The van der Waals surface area contributed by atoms with Gasteiger partial charge in [-0.15, -0.1) is 0 Å². The van der Waals surface area contributed by atoms with Crippen LogP contribution in [0.3, 0.4) is 0 Å². The van der Waals surface area contributed by atoms with Crippen LogP contribution in [0, 0.1) is 0 Å². The van der Waals surface area contributed by atoms with Crippen LogP contribution < -0.4 is 0 Å². The molecule has 4 heteroatoms. The Kier molecular flexibility index (Phi) is 11.2. The van der Waals surface area contributed by atoms with Crippen LogP contribution in [0.15, 0.2) is 0 Å². The molecule has 0 rings (SSSR count).